The lowest BCUT2D eigenvalue weighted by atomic mass is 9.61. The van der Waals surface area contributed by atoms with Gasteiger partial charge in [0, 0.05) is 32.1 Å². The number of methoxy groups -OCH3 is 1. The van der Waals surface area contributed by atoms with Gasteiger partial charge in [0.2, 0.25) is 0 Å². The van der Waals surface area contributed by atoms with Crippen molar-refractivity contribution in [1.29, 1.82) is 0 Å². The van der Waals surface area contributed by atoms with Gasteiger partial charge in [0.15, 0.2) is 7.28 Å². The molecule has 5 unspecified atom stereocenters. The molecule has 2 bridgehead atoms. The summed E-state index contributed by atoms with van der Waals surface area (Å²) in [6.45, 7) is 3.19. The molecule has 0 aliphatic carbocycles. The fraction of sp³-hybridized carbons (Fsp3) is 1.00. The van der Waals surface area contributed by atoms with E-state index in [1.807, 2.05) is 0 Å². The molecular formula is C13H25B2NO3. The highest BCUT2D eigenvalue weighted by molar-refractivity contribution is 6.38. The van der Waals surface area contributed by atoms with Crippen LogP contribution in [0, 0.1) is 0 Å². The average molecular weight is 265 g/mol. The van der Waals surface area contributed by atoms with Crippen molar-refractivity contribution in [3.8, 4) is 0 Å². The Morgan fingerprint density at radius 1 is 1.53 bits per heavy atom. The molecule has 4 nitrogen and oxygen atoms in total. The van der Waals surface area contributed by atoms with Gasteiger partial charge in [0.25, 0.3) is 0 Å². The van der Waals surface area contributed by atoms with Crippen LogP contribution in [0.2, 0.25) is 6.32 Å². The van der Waals surface area contributed by atoms with Crippen LogP contribution in [0.4, 0.5) is 0 Å². The zero-order chi connectivity index (χ0) is 13.5. The molecule has 3 rings (SSSR count). The van der Waals surface area contributed by atoms with Crippen LogP contribution in [0.25, 0.3) is 0 Å². The van der Waals surface area contributed by atoms with E-state index in [1.165, 1.54) is 0 Å². The molecule has 106 valence electrons. The third-order valence-electron chi connectivity index (χ3n) is 5.20. The molecule has 3 aliphatic heterocycles. The molecule has 0 amide bonds. The maximum atomic E-state index is 6.17. The Morgan fingerprint density at radius 3 is 2.95 bits per heavy atom. The van der Waals surface area contributed by atoms with Crippen molar-refractivity contribution in [2.24, 2.45) is 0 Å². The Balaban J connectivity index is 1.54. The molecule has 0 radical (unpaired) electrons. The molecule has 6 atom stereocenters. The normalized spacial score (nSPS) is 48.8. The molecule has 0 aromatic carbocycles. The topological polar surface area (TPSA) is 39.7 Å². The van der Waals surface area contributed by atoms with Crippen molar-refractivity contribution in [2.45, 2.75) is 68.4 Å². The van der Waals surface area contributed by atoms with E-state index in [-0.39, 0.29) is 17.7 Å². The van der Waals surface area contributed by atoms with E-state index in [0.29, 0.717) is 18.1 Å². The summed E-state index contributed by atoms with van der Waals surface area (Å²) in [7, 11) is 5.03. The number of fused-ring (bicyclic) bond motifs is 2. The molecular weight excluding hydrogens is 240 g/mol. The summed E-state index contributed by atoms with van der Waals surface area (Å²) in [5.41, 5.74) is 0.0655. The highest BCUT2D eigenvalue weighted by Crippen LogP contribution is 2.38. The Kier molecular flexibility index (Phi) is 3.96. The van der Waals surface area contributed by atoms with E-state index in [2.05, 4.69) is 20.1 Å². The molecule has 0 aromatic heterocycles. The van der Waals surface area contributed by atoms with Crippen LogP contribution < -0.4 is 5.32 Å². The van der Waals surface area contributed by atoms with Crippen LogP contribution in [-0.2, 0) is 14.2 Å². The molecule has 3 fully saturated rings. The number of rotatable bonds is 5. The van der Waals surface area contributed by atoms with E-state index in [9.17, 15) is 0 Å². The minimum atomic E-state index is 0.0655. The lowest BCUT2D eigenvalue weighted by Gasteiger charge is -2.31. The molecule has 3 heterocycles. The quantitative estimate of drug-likeness (QED) is 0.678. The Morgan fingerprint density at radius 2 is 2.37 bits per heavy atom. The number of hydrogen-bond acceptors (Lipinski definition) is 4. The predicted octanol–water partition coefficient (Wildman–Crippen LogP) is -0.529. The Hall–Kier alpha value is -0.0301. The smallest absolute Gasteiger partial charge is 0.164 e. The zero-order valence-corrected chi connectivity index (χ0v) is 12.4. The third-order valence-corrected chi connectivity index (χ3v) is 5.20. The second-order valence-corrected chi connectivity index (χ2v) is 6.45. The highest BCUT2D eigenvalue weighted by Gasteiger charge is 2.50. The fourth-order valence-electron chi connectivity index (χ4n) is 3.98. The predicted molar refractivity (Wildman–Crippen MR) is 78.9 cm³/mol. The minimum Gasteiger partial charge on any atom is -0.381 e. The van der Waals surface area contributed by atoms with Gasteiger partial charge in [-0.25, -0.2) is 0 Å². The molecule has 0 aromatic rings. The van der Waals surface area contributed by atoms with Crippen LogP contribution in [0.5, 0.6) is 0 Å². The van der Waals surface area contributed by atoms with Crippen molar-refractivity contribution in [2.75, 3.05) is 13.7 Å². The number of nitrogens with one attached hydrogen (secondary N) is 1. The van der Waals surface area contributed by atoms with Gasteiger partial charge in [-0.15, -0.1) is 0 Å². The SMILES string of the molecule is BC1OC2(CBC3O[C@@H](CC)CC3OC)CNC1C2. The van der Waals surface area contributed by atoms with E-state index in [1.54, 1.807) is 7.11 Å². The number of ether oxygens (including phenoxy) is 3. The van der Waals surface area contributed by atoms with Crippen LogP contribution in [0.3, 0.4) is 0 Å². The van der Waals surface area contributed by atoms with Gasteiger partial charge >= 0.3 is 0 Å². The van der Waals surface area contributed by atoms with Crippen molar-refractivity contribution in [3.63, 3.8) is 0 Å². The van der Waals surface area contributed by atoms with Gasteiger partial charge in [-0.2, -0.15) is 0 Å². The summed E-state index contributed by atoms with van der Waals surface area (Å²) >= 11 is 0. The van der Waals surface area contributed by atoms with Crippen LogP contribution in [0.15, 0.2) is 0 Å². The molecule has 19 heavy (non-hydrogen) atoms. The second kappa shape index (κ2) is 5.40. The first-order valence-electron chi connectivity index (χ1n) is 7.75. The number of morpholine rings is 1. The first-order chi connectivity index (χ1) is 9.15. The van der Waals surface area contributed by atoms with E-state index < -0.39 is 0 Å². The zero-order valence-electron chi connectivity index (χ0n) is 12.4. The lowest BCUT2D eigenvalue weighted by molar-refractivity contribution is -0.0137. The molecule has 0 saturated carbocycles. The van der Waals surface area contributed by atoms with E-state index in [0.717, 1.165) is 39.4 Å². The first kappa shape index (κ1) is 13.9. The third kappa shape index (κ3) is 2.60. The van der Waals surface area contributed by atoms with Crippen molar-refractivity contribution < 1.29 is 14.2 Å². The first-order valence-corrected chi connectivity index (χ1v) is 7.75. The molecule has 3 saturated heterocycles. The molecule has 3 aliphatic rings. The monoisotopic (exact) mass is 265 g/mol. The fourth-order valence-corrected chi connectivity index (χ4v) is 3.98. The largest absolute Gasteiger partial charge is 0.381 e. The van der Waals surface area contributed by atoms with Crippen LogP contribution in [0.1, 0.15) is 26.2 Å². The van der Waals surface area contributed by atoms with E-state index >= 15 is 0 Å². The minimum absolute atomic E-state index is 0.0655. The lowest BCUT2D eigenvalue weighted by Crippen LogP contribution is -2.46. The number of hydrogen-bond donors (Lipinski definition) is 1. The molecule has 1 N–H and O–H groups in total. The summed E-state index contributed by atoms with van der Waals surface area (Å²) in [5.74, 6) is 0. The van der Waals surface area contributed by atoms with Gasteiger partial charge in [0.1, 0.15) is 7.85 Å². The van der Waals surface area contributed by atoms with Gasteiger partial charge in [-0.05, 0) is 19.2 Å². The second-order valence-electron chi connectivity index (χ2n) is 6.45. The summed E-state index contributed by atoms with van der Waals surface area (Å²) in [5, 5.41) is 3.57. The summed E-state index contributed by atoms with van der Waals surface area (Å²) in [6.07, 6.45) is 5.02. The van der Waals surface area contributed by atoms with Gasteiger partial charge < -0.3 is 19.5 Å². The molecule has 6 heteroatoms. The van der Waals surface area contributed by atoms with Gasteiger partial charge in [0.05, 0.1) is 23.8 Å². The summed E-state index contributed by atoms with van der Waals surface area (Å²) in [6, 6.07) is 1.17. The Bertz CT molecular complexity index is 329. The molecule has 0 spiro atoms. The van der Waals surface area contributed by atoms with E-state index in [4.69, 9.17) is 14.2 Å². The van der Waals surface area contributed by atoms with Crippen LogP contribution in [-0.4, -0.2) is 64.6 Å². The Labute approximate surface area is 117 Å². The highest BCUT2D eigenvalue weighted by atomic mass is 16.6. The maximum absolute atomic E-state index is 6.17. The van der Waals surface area contributed by atoms with Gasteiger partial charge in [-0.1, -0.05) is 6.92 Å². The standard InChI is InChI=1S/C13H25B2NO3/c1-3-8-4-10(17-2)12(18-8)15-6-13-5-9(16-7-13)11(14)19-13/h8-12,15-16H,3-7,14H2,1-2H3/t8-,9?,10?,11?,12?,13?/m0/s1. The summed E-state index contributed by atoms with van der Waals surface area (Å²) < 4.78 is 17.9. The van der Waals surface area contributed by atoms with Crippen LogP contribution >= 0.6 is 0 Å². The van der Waals surface area contributed by atoms with Crippen molar-refractivity contribution in [1.82, 2.24) is 5.32 Å². The van der Waals surface area contributed by atoms with Crippen molar-refractivity contribution in [3.05, 3.63) is 0 Å². The summed E-state index contributed by atoms with van der Waals surface area (Å²) in [4.78, 5) is 0. The van der Waals surface area contributed by atoms with Gasteiger partial charge in [-0.3, -0.25) is 0 Å². The van der Waals surface area contributed by atoms with Crippen molar-refractivity contribution >= 4 is 15.1 Å². The average Bonchev–Trinajstić information content (AvgIpc) is 3.07. The maximum Gasteiger partial charge on any atom is 0.164 e.